The smallest absolute Gasteiger partial charge is 0.0705 e. The van der Waals surface area contributed by atoms with Crippen LogP contribution in [0.5, 0.6) is 0 Å². The number of hydrogen-bond donors (Lipinski definition) is 0. The van der Waals surface area contributed by atoms with Gasteiger partial charge in [0.2, 0.25) is 0 Å². The van der Waals surface area contributed by atoms with Gasteiger partial charge < -0.3 is 0 Å². The maximum absolute atomic E-state index is 3.98. The molecule has 0 radical (unpaired) electrons. The lowest BCUT2D eigenvalue weighted by Gasteiger charge is -2.16. The van der Waals surface area contributed by atoms with E-state index in [4.69, 9.17) is 0 Å². The Bertz CT molecular complexity index is 685. The average molecular weight is 579 g/mol. The highest BCUT2D eigenvalue weighted by molar-refractivity contribution is 9.14. The topological polar surface area (TPSA) is 0 Å². The van der Waals surface area contributed by atoms with E-state index < -0.39 is 7.50 Å². The molecule has 164 valence electrons. The first-order valence-electron chi connectivity index (χ1n) is 11.6. The monoisotopic (exact) mass is 576 g/mol. The lowest BCUT2D eigenvalue weighted by molar-refractivity contribution is 0.618. The molecule has 2 heterocycles. The lowest BCUT2D eigenvalue weighted by Crippen LogP contribution is -2.02. The minimum absolute atomic E-state index is 0.327. The molecule has 0 fully saturated rings. The van der Waals surface area contributed by atoms with Gasteiger partial charge in [-0.25, -0.2) is 0 Å². The zero-order valence-electron chi connectivity index (χ0n) is 18.3. The van der Waals surface area contributed by atoms with E-state index in [0.717, 1.165) is 0 Å². The van der Waals surface area contributed by atoms with Crippen molar-refractivity contribution in [3.05, 3.63) is 36.8 Å². The second-order valence-corrected chi connectivity index (χ2v) is 18.4. The Morgan fingerprint density at radius 3 is 1.83 bits per heavy atom. The summed E-state index contributed by atoms with van der Waals surface area (Å²) in [5.41, 5.74) is 0. The maximum Gasteiger partial charge on any atom is 0.0705 e. The van der Waals surface area contributed by atoms with E-state index >= 15 is 0 Å². The van der Waals surface area contributed by atoms with Crippen LogP contribution in [0.3, 0.4) is 0 Å². The molecule has 29 heavy (non-hydrogen) atoms. The van der Waals surface area contributed by atoms with Crippen molar-refractivity contribution in [2.75, 3.05) is 0 Å². The lowest BCUT2D eigenvalue weighted by atomic mass is 10.1. The van der Waals surface area contributed by atoms with Gasteiger partial charge in [-0.05, 0) is 68.2 Å². The Kier molecular flexibility index (Phi) is 13.9. The predicted molar refractivity (Wildman–Crippen MR) is 147 cm³/mol. The van der Waals surface area contributed by atoms with E-state index in [2.05, 4.69) is 70.0 Å². The highest BCUT2D eigenvalue weighted by atomic mass is 79.9. The molecule has 1 aromatic heterocycles. The minimum Gasteiger partial charge on any atom is -0.143 e. The summed E-state index contributed by atoms with van der Waals surface area (Å²) >= 11 is 9.55. The number of hydrogen-bond acceptors (Lipinski definition) is 1. The standard InChI is InChI=1S/C24H38Br2S2Si/c1-3-5-7-9-11-13-19-29(20-14-12-10-8-6-4-2)28-22(16-18-24(28)26)21-15-17-23(25)27-21/h15-18H,3-14,19-20H2,1-2H3. The number of allylic oxidation sites excluding steroid dienone is 2. The fourth-order valence-corrected chi connectivity index (χ4v) is 16.5. The molecule has 0 N–H and O–H groups in total. The van der Waals surface area contributed by atoms with E-state index in [-0.39, 0.29) is 0 Å². The van der Waals surface area contributed by atoms with Crippen LogP contribution < -0.4 is 0 Å². The Morgan fingerprint density at radius 2 is 1.31 bits per heavy atom. The summed E-state index contributed by atoms with van der Waals surface area (Å²) in [5, 5.41) is 0. The molecule has 0 bridgehead atoms. The van der Waals surface area contributed by atoms with E-state index in [9.17, 15) is 0 Å². The van der Waals surface area contributed by atoms with E-state index in [1.54, 1.807) is 4.91 Å². The molecule has 5 heteroatoms. The summed E-state index contributed by atoms with van der Waals surface area (Å²) in [6.45, 7) is 4.62. The third kappa shape index (κ3) is 9.39. The molecule has 0 aromatic carbocycles. The van der Waals surface area contributed by atoms with E-state index in [1.807, 2.05) is 11.3 Å². The summed E-state index contributed by atoms with van der Waals surface area (Å²) in [6.07, 6.45) is 21.8. The molecular weight excluding hydrogens is 540 g/mol. The molecule has 1 aliphatic heterocycles. The van der Waals surface area contributed by atoms with Gasteiger partial charge >= 0.3 is 0 Å². The molecule has 0 saturated heterocycles. The zero-order valence-corrected chi connectivity index (χ0v) is 24.1. The van der Waals surface area contributed by atoms with Crippen molar-refractivity contribution in [2.24, 2.45) is 0 Å². The maximum atomic E-state index is 3.98. The van der Waals surface area contributed by atoms with Gasteiger partial charge in [-0.2, -0.15) is 0 Å². The van der Waals surface area contributed by atoms with Gasteiger partial charge in [0, 0.05) is 13.6 Å². The first-order valence-corrected chi connectivity index (χ1v) is 17.9. The van der Waals surface area contributed by atoms with Crippen LogP contribution in [0.2, 0.25) is 12.1 Å². The van der Waals surface area contributed by atoms with Crippen molar-refractivity contribution in [1.82, 2.24) is 0 Å². The molecule has 1 aliphatic rings. The summed E-state index contributed by atoms with van der Waals surface area (Å²) in [7, 11) is -0.0789. The average Bonchev–Trinajstić information content (AvgIpc) is 3.31. The number of thiophene rings is 1. The van der Waals surface area contributed by atoms with E-state index in [1.165, 1.54) is 102 Å². The molecule has 0 spiro atoms. The van der Waals surface area contributed by atoms with Crippen LogP contribution in [0, 0.1) is 0 Å². The summed E-state index contributed by atoms with van der Waals surface area (Å²) < 4.78 is 2.73. The number of rotatable bonds is 15. The Labute approximate surface area is 204 Å². The van der Waals surface area contributed by atoms with Crippen molar-refractivity contribution < 1.29 is 0 Å². The predicted octanol–water partition coefficient (Wildman–Crippen LogP) is 11.1. The van der Waals surface area contributed by atoms with Crippen LogP contribution in [0.25, 0.3) is 4.91 Å². The van der Waals surface area contributed by atoms with Gasteiger partial charge in [0.05, 0.1) is 11.3 Å². The molecule has 0 nitrogen and oxygen atoms in total. The fourth-order valence-electron chi connectivity index (χ4n) is 3.84. The van der Waals surface area contributed by atoms with Crippen molar-refractivity contribution in [3.63, 3.8) is 0 Å². The molecule has 0 amide bonds. The van der Waals surface area contributed by atoms with Crippen LogP contribution in [-0.4, -0.2) is 7.50 Å². The molecule has 1 aromatic rings. The normalized spacial score (nSPS) is 16.2. The van der Waals surface area contributed by atoms with Crippen molar-refractivity contribution in [1.29, 1.82) is 0 Å². The van der Waals surface area contributed by atoms with Gasteiger partial charge in [0.25, 0.3) is 0 Å². The number of unbranched alkanes of at least 4 members (excludes halogenated alkanes) is 10. The van der Waals surface area contributed by atoms with Gasteiger partial charge in [0.1, 0.15) is 0 Å². The Hall–Kier alpha value is 0.707. The first-order chi connectivity index (χ1) is 14.2. The van der Waals surface area contributed by atoms with Crippen LogP contribution in [0.4, 0.5) is 0 Å². The highest BCUT2D eigenvalue weighted by Crippen LogP contribution is 2.51. The second kappa shape index (κ2) is 15.5. The molecule has 0 saturated carbocycles. The molecule has 1 atom stereocenters. The third-order valence-electron chi connectivity index (χ3n) is 5.50. The molecule has 1 unspecified atom stereocenters. The van der Waals surface area contributed by atoms with Crippen LogP contribution in [0.15, 0.2) is 31.9 Å². The Balaban J connectivity index is 2.04. The van der Waals surface area contributed by atoms with Crippen LogP contribution in [0.1, 0.15) is 95.8 Å². The quantitative estimate of drug-likeness (QED) is 0.143. The van der Waals surface area contributed by atoms with Crippen molar-refractivity contribution in [2.45, 2.75) is 103 Å². The van der Waals surface area contributed by atoms with Crippen LogP contribution >= 0.6 is 53.1 Å². The molecule has 0 aliphatic carbocycles. The van der Waals surface area contributed by atoms with Crippen molar-refractivity contribution >= 4 is 65.5 Å². The summed E-state index contributed by atoms with van der Waals surface area (Å²) in [4.78, 5) is 3.08. The largest absolute Gasteiger partial charge is 0.143 e. The van der Waals surface area contributed by atoms with Gasteiger partial charge in [-0.15, -0.1) is 21.2 Å². The first kappa shape index (κ1) is 26.0. The second-order valence-electron chi connectivity index (χ2n) is 7.99. The SMILES string of the molecule is CCCCCCCC[Si](CCCCCCCC)=S1C(Br)=CC=C1c1ccc(Br)s1. The number of halogens is 2. The van der Waals surface area contributed by atoms with Gasteiger partial charge in [-0.3, -0.25) is 0 Å². The third-order valence-corrected chi connectivity index (χ3v) is 17.4. The van der Waals surface area contributed by atoms with Gasteiger partial charge in [0.15, 0.2) is 0 Å². The zero-order chi connectivity index (χ0) is 20.9. The minimum atomic E-state index is -0.406. The fraction of sp³-hybridized carbons (Fsp3) is 0.667. The van der Waals surface area contributed by atoms with Crippen LogP contribution in [-0.2, 0) is 0 Å². The molecular formula is C24H38Br2S2Si. The highest BCUT2D eigenvalue weighted by Gasteiger charge is 2.20. The summed E-state index contributed by atoms with van der Waals surface area (Å²) in [6, 6.07) is 7.50. The van der Waals surface area contributed by atoms with Crippen molar-refractivity contribution in [3.8, 4) is 0 Å². The summed E-state index contributed by atoms with van der Waals surface area (Å²) in [5.74, 6) is 0. The molecule has 2 rings (SSSR count). The van der Waals surface area contributed by atoms with Gasteiger partial charge in [-0.1, -0.05) is 90.9 Å². The van der Waals surface area contributed by atoms with E-state index in [0.29, 0.717) is 9.89 Å². The Morgan fingerprint density at radius 1 is 0.759 bits per heavy atom.